The first kappa shape index (κ1) is 38.2. The molecule has 0 aliphatic rings. The Balaban J connectivity index is 0.000000634. The zero-order valence-corrected chi connectivity index (χ0v) is 26.9. The van der Waals surface area contributed by atoms with E-state index >= 15 is 0 Å². The van der Waals surface area contributed by atoms with Gasteiger partial charge in [0.25, 0.3) is 0 Å². The van der Waals surface area contributed by atoms with Crippen LogP contribution in [0.15, 0.2) is 48.7 Å². The molecular formula is C33H38F7N3O3. The van der Waals surface area contributed by atoms with Crippen LogP contribution in [-0.4, -0.2) is 54.1 Å². The molecule has 6 nitrogen and oxygen atoms in total. The average molecular weight is 658 g/mol. The molecule has 0 saturated carbocycles. The third-order valence-electron chi connectivity index (χ3n) is 7.55. The van der Waals surface area contributed by atoms with Crippen LogP contribution in [0.5, 0.6) is 0 Å². The van der Waals surface area contributed by atoms with Crippen molar-refractivity contribution in [2.45, 2.75) is 59.3 Å². The molecule has 252 valence electrons. The fraction of sp³-hybridized carbons (Fsp3) is 0.424. The Labute approximate surface area is 263 Å². The van der Waals surface area contributed by atoms with Crippen LogP contribution in [0.25, 0.3) is 11.1 Å². The second-order valence-corrected chi connectivity index (χ2v) is 11.5. The van der Waals surface area contributed by atoms with E-state index in [1.165, 1.54) is 45.3 Å². The number of alkyl halides is 6. The van der Waals surface area contributed by atoms with Crippen LogP contribution >= 0.6 is 0 Å². The molecule has 0 aliphatic carbocycles. The van der Waals surface area contributed by atoms with Gasteiger partial charge in [0.15, 0.2) is 0 Å². The average Bonchev–Trinajstić information content (AvgIpc) is 2.98. The van der Waals surface area contributed by atoms with E-state index < -0.39 is 46.2 Å². The number of aliphatic hydroxyl groups excluding tert-OH is 1. The summed E-state index contributed by atoms with van der Waals surface area (Å²) >= 11 is 0. The van der Waals surface area contributed by atoms with Gasteiger partial charge in [0.1, 0.15) is 5.82 Å². The summed E-state index contributed by atoms with van der Waals surface area (Å²) in [7, 11) is 3.09. The number of carbonyl (C=O) groups excluding carboxylic acids is 2. The molecule has 1 atom stereocenters. The van der Waals surface area contributed by atoms with E-state index in [4.69, 9.17) is 5.11 Å². The van der Waals surface area contributed by atoms with Gasteiger partial charge in [-0.25, -0.2) is 4.39 Å². The van der Waals surface area contributed by atoms with E-state index in [-0.39, 0.29) is 30.2 Å². The maximum Gasteiger partial charge on any atom is 0.416 e. The van der Waals surface area contributed by atoms with Crippen LogP contribution in [0, 0.1) is 25.6 Å². The molecule has 2 amide bonds. The summed E-state index contributed by atoms with van der Waals surface area (Å²) in [5.41, 5.74) is -2.72. The lowest BCUT2D eigenvalue weighted by atomic mass is 9.81. The molecule has 46 heavy (non-hydrogen) atoms. The molecule has 1 unspecified atom stereocenters. The molecule has 0 spiro atoms. The second-order valence-electron chi connectivity index (χ2n) is 11.5. The second kappa shape index (κ2) is 14.6. The maximum absolute atomic E-state index is 13.7. The highest BCUT2D eigenvalue weighted by Crippen LogP contribution is 2.40. The number of rotatable bonds is 7. The summed E-state index contributed by atoms with van der Waals surface area (Å²) in [6.45, 7) is 10.1. The van der Waals surface area contributed by atoms with Crippen LogP contribution < -0.4 is 4.90 Å². The Bertz CT molecular complexity index is 1510. The minimum atomic E-state index is -5.05. The number of amides is 2. The Morgan fingerprint density at radius 3 is 1.85 bits per heavy atom. The highest BCUT2D eigenvalue weighted by atomic mass is 19.4. The van der Waals surface area contributed by atoms with Gasteiger partial charge in [-0.05, 0) is 87.7 Å². The summed E-state index contributed by atoms with van der Waals surface area (Å²) < 4.78 is 94.0. The molecule has 0 aliphatic heterocycles. The molecule has 0 bridgehead atoms. The van der Waals surface area contributed by atoms with Crippen LogP contribution in [0.3, 0.4) is 0 Å². The molecule has 0 radical (unpaired) electrons. The third-order valence-corrected chi connectivity index (χ3v) is 7.55. The third kappa shape index (κ3) is 9.05. The predicted molar refractivity (Wildman–Crippen MR) is 162 cm³/mol. The lowest BCUT2D eigenvalue weighted by molar-refractivity contribution is -0.143. The van der Waals surface area contributed by atoms with Crippen molar-refractivity contribution in [2.24, 2.45) is 5.92 Å². The SMILES string of the molecule is CCN(C)C(=O)C(C)CO.Cc1cc(-c2ccc(F)cc2C)c(N(C)C(=O)C(C)(C)c2cc(C(F)(F)F)cc(C(F)(F)F)c2)cn1. The van der Waals surface area contributed by atoms with E-state index in [0.717, 1.165) is 4.90 Å². The minimum absolute atomic E-state index is 0.00463. The first-order chi connectivity index (χ1) is 21.1. The van der Waals surface area contributed by atoms with Gasteiger partial charge in [-0.3, -0.25) is 14.6 Å². The highest BCUT2D eigenvalue weighted by molar-refractivity contribution is 6.03. The number of aryl methyl sites for hydroxylation is 2. The standard InChI is InChI=1S/C26H23F7N2O.C7H15NO2/c1-14-8-19(27)6-7-20(14)21-9-15(2)34-13-22(21)35(5)23(36)24(3,4)16-10-17(25(28,29)30)12-18(11-16)26(31,32)33;1-4-8(3)7(10)6(2)5-9/h6-13H,1-5H3;6,9H,4-5H2,1-3H3. The van der Waals surface area contributed by atoms with Crippen LogP contribution in [0.1, 0.15) is 55.6 Å². The molecule has 13 heteroatoms. The Kier molecular flexibility index (Phi) is 12.1. The first-order valence-corrected chi connectivity index (χ1v) is 14.2. The molecule has 1 heterocycles. The van der Waals surface area contributed by atoms with Crippen molar-refractivity contribution in [1.82, 2.24) is 9.88 Å². The van der Waals surface area contributed by atoms with Gasteiger partial charge in [-0.15, -0.1) is 0 Å². The van der Waals surface area contributed by atoms with Crippen LogP contribution in [0.4, 0.5) is 36.4 Å². The van der Waals surface area contributed by atoms with Gasteiger partial charge in [0.2, 0.25) is 11.8 Å². The fourth-order valence-corrected chi connectivity index (χ4v) is 4.54. The molecule has 3 aromatic rings. The molecule has 1 N–H and O–H groups in total. The van der Waals surface area contributed by atoms with E-state index in [1.54, 1.807) is 38.8 Å². The van der Waals surface area contributed by atoms with E-state index in [0.29, 0.717) is 41.1 Å². The van der Waals surface area contributed by atoms with Gasteiger partial charge in [0, 0.05) is 31.9 Å². The van der Waals surface area contributed by atoms with Crippen molar-refractivity contribution in [3.05, 3.63) is 82.4 Å². The maximum atomic E-state index is 13.7. The fourth-order valence-electron chi connectivity index (χ4n) is 4.54. The Morgan fingerprint density at radius 2 is 1.39 bits per heavy atom. The van der Waals surface area contributed by atoms with Crippen LogP contribution in [0.2, 0.25) is 0 Å². The summed E-state index contributed by atoms with van der Waals surface area (Å²) in [5, 5.41) is 8.60. The van der Waals surface area contributed by atoms with Crippen molar-refractivity contribution < 1.29 is 45.4 Å². The number of pyridine rings is 1. The smallest absolute Gasteiger partial charge is 0.396 e. The quantitative estimate of drug-likeness (QED) is 0.266. The first-order valence-electron chi connectivity index (χ1n) is 14.2. The number of aliphatic hydroxyl groups is 1. The Morgan fingerprint density at radius 1 is 0.870 bits per heavy atom. The topological polar surface area (TPSA) is 73.7 Å². The van der Waals surface area contributed by atoms with Gasteiger partial charge in [-0.2, -0.15) is 26.3 Å². The number of likely N-dealkylation sites (N-methyl/N-ethyl adjacent to an activating group) is 1. The summed E-state index contributed by atoms with van der Waals surface area (Å²) in [5.74, 6) is -1.48. The van der Waals surface area contributed by atoms with Gasteiger partial charge < -0.3 is 14.9 Å². The van der Waals surface area contributed by atoms with Crippen molar-refractivity contribution in [1.29, 1.82) is 0 Å². The lowest BCUT2D eigenvalue weighted by Crippen LogP contribution is -2.42. The largest absolute Gasteiger partial charge is 0.416 e. The number of halogens is 7. The van der Waals surface area contributed by atoms with E-state index in [9.17, 15) is 40.3 Å². The van der Waals surface area contributed by atoms with Crippen molar-refractivity contribution in [3.8, 4) is 11.1 Å². The number of benzene rings is 2. The minimum Gasteiger partial charge on any atom is -0.396 e. The van der Waals surface area contributed by atoms with Crippen molar-refractivity contribution >= 4 is 17.5 Å². The van der Waals surface area contributed by atoms with Gasteiger partial charge >= 0.3 is 12.4 Å². The van der Waals surface area contributed by atoms with Gasteiger partial charge in [0.05, 0.1) is 41.0 Å². The molecule has 0 saturated heterocycles. The predicted octanol–water partition coefficient (Wildman–Crippen LogP) is 7.58. The number of anilines is 1. The Hall–Kier alpha value is -4.00. The zero-order valence-electron chi connectivity index (χ0n) is 26.9. The molecule has 2 aromatic carbocycles. The zero-order chi connectivity index (χ0) is 35.4. The number of carbonyl (C=O) groups is 2. The summed E-state index contributed by atoms with van der Waals surface area (Å²) in [6, 6.07) is 6.87. The lowest BCUT2D eigenvalue weighted by Gasteiger charge is -2.32. The number of hydrogen-bond donors (Lipinski definition) is 1. The summed E-state index contributed by atoms with van der Waals surface area (Å²) in [4.78, 5) is 31.6. The number of hydrogen-bond acceptors (Lipinski definition) is 4. The van der Waals surface area contributed by atoms with Gasteiger partial charge in [-0.1, -0.05) is 13.0 Å². The normalized spacial score (nSPS) is 12.6. The number of aromatic nitrogens is 1. The number of nitrogens with zero attached hydrogens (tertiary/aromatic N) is 3. The molecular weight excluding hydrogens is 619 g/mol. The van der Waals surface area contributed by atoms with Crippen molar-refractivity contribution in [3.63, 3.8) is 0 Å². The molecule has 1 aromatic heterocycles. The molecule has 0 fully saturated rings. The molecule has 3 rings (SSSR count). The van der Waals surface area contributed by atoms with Crippen LogP contribution in [-0.2, 0) is 27.4 Å². The highest BCUT2D eigenvalue weighted by Gasteiger charge is 2.41. The van der Waals surface area contributed by atoms with E-state index in [1.807, 2.05) is 6.92 Å². The van der Waals surface area contributed by atoms with E-state index in [2.05, 4.69) is 4.98 Å². The monoisotopic (exact) mass is 657 g/mol. The summed E-state index contributed by atoms with van der Waals surface area (Å²) in [6.07, 6.45) is -8.71. The van der Waals surface area contributed by atoms with Crippen molar-refractivity contribution in [2.75, 3.05) is 32.1 Å².